The van der Waals surface area contributed by atoms with Gasteiger partial charge >= 0.3 is 0 Å². The lowest BCUT2D eigenvalue weighted by Gasteiger charge is -2.34. The Kier molecular flexibility index (Phi) is 4.76. The molecule has 0 heterocycles. The zero-order chi connectivity index (χ0) is 15.7. The van der Waals surface area contributed by atoms with Crippen molar-refractivity contribution >= 4 is 10.0 Å². The average molecular weight is 311 g/mol. The number of nitrogens with one attached hydrogen (secondary N) is 1. The molecular formula is C16H25NO3S. The van der Waals surface area contributed by atoms with Crippen LogP contribution in [0, 0.1) is 13.8 Å². The van der Waals surface area contributed by atoms with Crippen LogP contribution in [0.5, 0.6) is 0 Å². The maximum atomic E-state index is 12.8. The van der Waals surface area contributed by atoms with Gasteiger partial charge in [-0.3, -0.25) is 0 Å². The van der Waals surface area contributed by atoms with Crippen LogP contribution >= 0.6 is 0 Å². The molecule has 5 heteroatoms. The van der Waals surface area contributed by atoms with E-state index >= 15 is 0 Å². The molecule has 1 aromatic rings. The van der Waals surface area contributed by atoms with Crippen molar-refractivity contribution in [3.63, 3.8) is 0 Å². The lowest BCUT2D eigenvalue weighted by molar-refractivity contribution is 0.281. The second-order valence-corrected chi connectivity index (χ2v) is 8.07. The SMILES string of the molecule is Cc1cc(CO)cc(S(=O)(=O)NC2(C)CCCCC2)c1C. The second-order valence-electron chi connectivity index (χ2n) is 6.42. The molecule has 0 radical (unpaired) electrons. The number of aryl methyl sites for hydroxylation is 1. The Morgan fingerprint density at radius 2 is 1.81 bits per heavy atom. The van der Waals surface area contributed by atoms with E-state index in [2.05, 4.69) is 4.72 Å². The summed E-state index contributed by atoms with van der Waals surface area (Å²) >= 11 is 0. The van der Waals surface area contributed by atoms with Crippen LogP contribution in [0.3, 0.4) is 0 Å². The van der Waals surface area contributed by atoms with E-state index in [0.717, 1.165) is 36.8 Å². The van der Waals surface area contributed by atoms with Crippen molar-refractivity contribution in [2.24, 2.45) is 0 Å². The topological polar surface area (TPSA) is 66.4 Å². The van der Waals surface area contributed by atoms with E-state index in [1.807, 2.05) is 26.8 Å². The first kappa shape index (κ1) is 16.5. The van der Waals surface area contributed by atoms with Crippen molar-refractivity contribution in [1.29, 1.82) is 0 Å². The smallest absolute Gasteiger partial charge is 0.241 e. The van der Waals surface area contributed by atoms with Gasteiger partial charge in [0.2, 0.25) is 10.0 Å². The number of benzene rings is 1. The molecule has 1 aromatic carbocycles. The Morgan fingerprint density at radius 1 is 1.19 bits per heavy atom. The fraction of sp³-hybridized carbons (Fsp3) is 0.625. The molecule has 4 nitrogen and oxygen atoms in total. The summed E-state index contributed by atoms with van der Waals surface area (Å²) in [5, 5.41) is 9.30. The van der Waals surface area contributed by atoms with Crippen LogP contribution in [0.25, 0.3) is 0 Å². The molecule has 118 valence electrons. The van der Waals surface area contributed by atoms with Gasteiger partial charge in [0.05, 0.1) is 11.5 Å². The number of hydrogen-bond acceptors (Lipinski definition) is 3. The Balaban J connectivity index is 2.37. The molecule has 0 amide bonds. The van der Waals surface area contributed by atoms with Gasteiger partial charge in [0.15, 0.2) is 0 Å². The Hall–Kier alpha value is -0.910. The molecule has 2 rings (SSSR count). The minimum Gasteiger partial charge on any atom is -0.392 e. The zero-order valence-electron chi connectivity index (χ0n) is 13.1. The second kappa shape index (κ2) is 6.07. The van der Waals surface area contributed by atoms with Crippen LogP contribution in [-0.4, -0.2) is 19.1 Å². The molecule has 1 aliphatic rings. The predicted octanol–water partition coefficient (Wildman–Crippen LogP) is 2.80. The summed E-state index contributed by atoms with van der Waals surface area (Å²) in [5.74, 6) is 0. The van der Waals surface area contributed by atoms with Gasteiger partial charge < -0.3 is 5.11 Å². The maximum absolute atomic E-state index is 12.8. The number of sulfonamides is 1. The van der Waals surface area contributed by atoms with Gasteiger partial charge in [-0.25, -0.2) is 13.1 Å². The largest absolute Gasteiger partial charge is 0.392 e. The van der Waals surface area contributed by atoms with Crippen LogP contribution < -0.4 is 4.72 Å². The third-order valence-corrected chi connectivity index (χ3v) is 6.25. The first-order valence-corrected chi connectivity index (χ1v) is 9.01. The summed E-state index contributed by atoms with van der Waals surface area (Å²) in [6, 6.07) is 3.41. The molecule has 0 spiro atoms. The normalized spacial score (nSPS) is 18.7. The minimum absolute atomic E-state index is 0.152. The Morgan fingerprint density at radius 3 is 2.38 bits per heavy atom. The molecule has 1 fully saturated rings. The number of rotatable bonds is 4. The van der Waals surface area contributed by atoms with Crippen molar-refractivity contribution < 1.29 is 13.5 Å². The third-order valence-electron chi connectivity index (χ3n) is 4.49. The number of hydrogen-bond donors (Lipinski definition) is 2. The maximum Gasteiger partial charge on any atom is 0.241 e. The van der Waals surface area contributed by atoms with Gasteiger partial charge in [-0.2, -0.15) is 0 Å². The lowest BCUT2D eigenvalue weighted by Crippen LogP contribution is -2.47. The van der Waals surface area contributed by atoms with E-state index in [1.165, 1.54) is 6.42 Å². The van der Waals surface area contributed by atoms with E-state index in [-0.39, 0.29) is 12.1 Å². The quantitative estimate of drug-likeness (QED) is 0.898. The summed E-state index contributed by atoms with van der Waals surface area (Å²) in [4.78, 5) is 0.290. The van der Waals surface area contributed by atoms with Gasteiger partial charge in [-0.15, -0.1) is 0 Å². The zero-order valence-corrected chi connectivity index (χ0v) is 13.9. The van der Waals surface area contributed by atoms with E-state index in [0.29, 0.717) is 10.5 Å². The highest BCUT2D eigenvalue weighted by molar-refractivity contribution is 7.89. The first-order valence-electron chi connectivity index (χ1n) is 7.52. The highest BCUT2D eigenvalue weighted by atomic mass is 32.2. The van der Waals surface area contributed by atoms with Crippen molar-refractivity contribution in [1.82, 2.24) is 4.72 Å². The summed E-state index contributed by atoms with van der Waals surface area (Å²) in [6.45, 7) is 5.52. The predicted molar refractivity (Wildman–Crippen MR) is 83.7 cm³/mol. The van der Waals surface area contributed by atoms with Gasteiger partial charge in [0.1, 0.15) is 0 Å². The van der Waals surface area contributed by atoms with Gasteiger partial charge in [0.25, 0.3) is 0 Å². The third kappa shape index (κ3) is 3.65. The molecule has 0 aliphatic heterocycles. The van der Waals surface area contributed by atoms with Crippen LogP contribution in [0.1, 0.15) is 55.7 Å². The summed E-state index contributed by atoms with van der Waals surface area (Å²) < 4.78 is 28.4. The van der Waals surface area contributed by atoms with Crippen molar-refractivity contribution in [2.75, 3.05) is 0 Å². The molecule has 1 saturated carbocycles. The van der Waals surface area contributed by atoms with E-state index in [1.54, 1.807) is 6.07 Å². The molecular weight excluding hydrogens is 286 g/mol. The summed E-state index contributed by atoms with van der Waals surface area (Å²) in [5.41, 5.74) is 1.91. The monoisotopic (exact) mass is 311 g/mol. The van der Waals surface area contributed by atoms with Crippen molar-refractivity contribution in [3.05, 3.63) is 28.8 Å². The number of aliphatic hydroxyl groups excluding tert-OH is 1. The summed E-state index contributed by atoms with van der Waals surface area (Å²) in [7, 11) is -3.57. The van der Waals surface area contributed by atoms with Gasteiger partial charge in [0, 0.05) is 5.54 Å². The van der Waals surface area contributed by atoms with Crippen LogP contribution in [0.4, 0.5) is 0 Å². The standard InChI is InChI=1S/C16H25NO3S/c1-12-9-14(11-18)10-15(13(12)2)21(19,20)17-16(3)7-5-4-6-8-16/h9-10,17-18H,4-8,11H2,1-3H3. The summed E-state index contributed by atoms with van der Waals surface area (Å²) in [6.07, 6.45) is 5.06. The molecule has 0 bridgehead atoms. The number of aliphatic hydroxyl groups is 1. The van der Waals surface area contributed by atoms with Crippen LogP contribution in [0.2, 0.25) is 0 Å². The lowest BCUT2D eigenvalue weighted by atomic mass is 9.84. The molecule has 21 heavy (non-hydrogen) atoms. The Bertz CT molecular complexity index is 617. The molecule has 0 unspecified atom stereocenters. The van der Waals surface area contributed by atoms with E-state index < -0.39 is 10.0 Å². The fourth-order valence-electron chi connectivity index (χ4n) is 3.08. The highest BCUT2D eigenvalue weighted by Crippen LogP contribution is 2.30. The van der Waals surface area contributed by atoms with Crippen LogP contribution in [-0.2, 0) is 16.6 Å². The molecule has 1 aliphatic carbocycles. The first-order chi connectivity index (χ1) is 9.77. The van der Waals surface area contributed by atoms with Gasteiger partial charge in [-0.1, -0.05) is 25.3 Å². The molecule has 0 aromatic heterocycles. The highest BCUT2D eigenvalue weighted by Gasteiger charge is 2.32. The van der Waals surface area contributed by atoms with Crippen LogP contribution in [0.15, 0.2) is 17.0 Å². The Labute approximate surface area is 127 Å². The van der Waals surface area contributed by atoms with E-state index in [9.17, 15) is 13.5 Å². The molecule has 0 saturated heterocycles. The molecule has 0 atom stereocenters. The average Bonchev–Trinajstić information content (AvgIpc) is 2.41. The van der Waals surface area contributed by atoms with Crippen molar-refractivity contribution in [3.8, 4) is 0 Å². The van der Waals surface area contributed by atoms with Crippen molar-refractivity contribution in [2.45, 2.75) is 69.9 Å². The fourth-order valence-corrected chi connectivity index (χ4v) is 4.92. The van der Waals surface area contributed by atoms with E-state index in [4.69, 9.17) is 0 Å². The van der Waals surface area contributed by atoms with Gasteiger partial charge in [-0.05, 0) is 56.4 Å². The molecule has 2 N–H and O–H groups in total. The minimum atomic E-state index is -3.57.